The summed E-state index contributed by atoms with van der Waals surface area (Å²) in [6.45, 7) is 7.20. The molecular formula is C13H20N4O2S. The van der Waals surface area contributed by atoms with E-state index < -0.39 is 0 Å². The van der Waals surface area contributed by atoms with Gasteiger partial charge in [-0.25, -0.2) is 0 Å². The van der Waals surface area contributed by atoms with E-state index in [0.717, 1.165) is 10.7 Å². The minimum absolute atomic E-state index is 0.0146. The summed E-state index contributed by atoms with van der Waals surface area (Å²) in [6.07, 6.45) is 4.10. The zero-order chi connectivity index (χ0) is 14.4. The van der Waals surface area contributed by atoms with E-state index in [9.17, 15) is 4.79 Å². The van der Waals surface area contributed by atoms with Crippen LogP contribution >= 0.6 is 11.8 Å². The molecule has 0 aliphatic heterocycles. The Morgan fingerprint density at radius 2 is 2.45 bits per heavy atom. The van der Waals surface area contributed by atoms with E-state index in [0.29, 0.717) is 31.6 Å². The van der Waals surface area contributed by atoms with Crippen molar-refractivity contribution in [1.82, 2.24) is 20.1 Å². The van der Waals surface area contributed by atoms with E-state index in [4.69, 9.17) is 4.74 Å². The van der Waals surface area contributed by atoms with Gasteiger partial charge in [0, 0.05) is 12.6 Å². The third-order valence-corrected chi connectivity index (χ3v) is 3.69. The standard InChI is InChI=1S/C13H20N4O2S/c1-10(2)7-19-6-5-14-12(18)8-20-13-16-15-9-17(13)11-3-4-11/h9,11H,1,3-8H2,2H3,(H,14,18). The van der Waals surface area contributed by atoms with Gasteiger partial charge in [0.25, 0.3) is 0 Å². The summed E-state index contributed by atoms with van der Waals surface area (Å²) in [6, 6.07) is 0.533. The van der Waals surface area contributed by atoms with Crippen LogP contribution in [0.2, 0.25) is 0 Å². The summed E-state index contributed by atoms with van der Waals surface area (Å²) in [7, 11) is 0. The van der Waals surface area contributed by atoms with Crippen LogP contribution in [-0.4, -0.2) is 46.2 Å². The molecule has 20 heavy (non-hydrogen) atoms. The molecule has 1 N–H and O–H groups in total. The monoisotopic (exact) mass is 296 g/mol. The molecule has 0 atom stereocenters. The van der Waals surface area contributed by atoms with Crippen molar-refractivity contribution >= 4 is 17.7 Å². The minimum atomic E-state index is -0.0146. The van der Waals surface area contributed by atoms with Crippen LogP contribution in [-0.2, 0) is 9.53 Å². The number of hydrogen-bond acceptors (Lipinski definition) is 5. The van der Waals surface area contributed by atoms with Crippen molar-refractivity contribution in [3.05, 3.63) is 18.5 Å². The molecule has 0 unspecified atom stereocenters. The van der Waals surface area contributed by atoms with Crippen LogP contribution in [0.15, 0.2) is 23.6 Å². The van der Waals surface area contributed by atoms with Gasteiger partial charge in [0.05, 0.1) is 19.0 Å². The van der Waals surface area contributed by atoms with E-state index in [1.54, 1.807) is 6.33 Å². The molecule has 110 valence electrons. The third kappa shape index (κ3) is 4.97. The first kappa shape index (κ1) is 15.1. The van der Waals surface area contributed by atoms with Gasteiger partial charge in [0.2, 0.25) is 5.91 Å². The van der Waals surface area contributed by atoms with Gasteiger partial charge >= 0.3 is 0 Å². The highest BCUT2D eigenvalue weighted by atomic mass is 32.2. The second-order valence-electron chi connectivity index (χ2n) is 4.90. The number of rotatable bonds is 9. The molecule has 1 aromatic heterocycles. The lowest BCUT2D eigenvalue weighted by Gasteiger charge is -2.06. The van der Waals surface area contributed by atoms with Crippen LogP contribution in [0.3, 0.4) is 0 Å². The molecule has 0 saturated heterocycles. The van der Waals surface area contributed by atoms with Gasteiger partial charge in [-0.1, -0.05) is 23.9 Å². The number of hydrogen-bond donors (Lipinski definition) is 1. The first-order valence-electron chi connectivity index (χ1n) is 6.68. The van der Waals surface area contributed by atoms with Crippen LogP contribution in [0, 0.1) is 0 Å². The molecule has 1 amide bonds. The highest BCUT2D eigenvalue weighted by molar-refractivity contribution is 7.99. The van der Waals surface area contributed by atoms with Gasteiger partial charge in [-0.15, -0.1) is 10.2 Å². The molecule has 6 nitrogen and oxygen atoms in total. The number of amides is 1. The zero-order valence-electron chi connectivity index (χ0n) is 11.7. The Bertz CT molecular complexity index is 471. The van der Waals surface area contributed by atoms with E-state index in [-0.39, 0.29) is 5.91 Å². The van der Waals surface area contributed by atoms with Gasteiger partial charge in [-0.05, 0) is 19.8 Å². The first-order valence-corrected chi connectivity index (χ1v) is 7.66. The number of nitrogens with one attached hydrogen (secondary N) is 1. The molecule has 2 rings (SSSR count). The maximum absolute atomic E-state index is 11.7. The van der Waals surface area contributed by atoms with E-state index in [1.807, 2.05) is 11.5 Å². The average Bonchev–Trinajstić information content (AvgIpc) is 3.14. The van der Waals surface area contributed by atoms with Crippen molar-refractivity contribution in [2.45, 2.75) is 31.0 Å². The fraction of sp³-hybridized carbons (Fsp3) is 0.615. The molecule has 0 aromatic carbocycles. The van der Waals surface area contributed by atoms with Crippen LogP contribution < -0.4 is 5.32 Å². The largest absolute Gasteiger partial charge is 0.375 e. The number of nitrogens with zero attached hydrogens (tertiary/aromatic N) is 3. The van der Waals surface area contributed by atoms with Crippen LogP contribution in [0.1, 0.15) is 25.8 Å². The summed E-state index contributed by atoms with van der Waals surface area (Å²) in [5, 5.41) is 11.6. The Balaban J connectivity index is 1.60. The van der Waals surface area contributed by atoms with Crippen molar-refractivity contribution < 1.29 is 9.53 Å². The second-order valence-corrected chi connectivity index (χ2v) is 5.84. The van der Waals surface area contributed by atoms with Gasteiger partial charge in [0.15, 0.2) is 5.16 Å². The van der Waals surface area contributed by atoms with Crippen molar-refractivity contribution in [2.24, 2.45) is 0 Å². The molecule has 7 heteroatoms. The number of carbonyl (C=O) groups excluding carboxylic acids is 1. The Morgan fingerprint density at radius 3 is 3.15 bits per heavy atom. The molecule has 0 bridgehead atoms. The topological polar surface area (TPSA) is 69.0 Å². The normalized spacial score (nSPS) is 14.2. The molecular weight excluding hydrogens is 276 g/mol. The number of aromatic nitrogens is 3. The van der Waals surface area contributed by atoms with Gasteiger partial charge in [0.1, 0.15) is 6.33 Å². The maximum Gasteiger partial charge on any atom is 0.230 e. The Morgan fingerprint density at radius 1 is 1.65 bits per heavy atom. The highest BCUT2D eigenvalue weighted by Gasteiger charge is 2.26. The second kappa shape index (κ2) is 7.44. The zero-order valence-corrected chi connectivity index (χ0v) is 12.5. The smallest absolute Gasteiger partial charge is 0.230 e. The molecule has 0 radical (unpaired) electrons. The van der Waals surface area contributed by atoms with Crippen molar-refractivity contribution in [1.29, 1.82) is 0 Å². The molecule has 0 spiro atoms. The van der Waals surface area contributed by atoms with Crippen molar-refractivity contribution in [3.8, 4) is 0 Å². The van der Waals surface area contributed by atoms with Crippen molar-refractivity contribution in [3.63, 3.8) is 0 Å². The maximum atomic E-state index is 11.7. The average molecular weight is 296 g/mol. The lowest BCUT2D eigenvalue weighted by molar-refractivity contribution is -0.118. The lowest BCUT2D eigenvalue weighted by Crippen LogP contribution is -2.29. The molecule has 1 fully saturated rings. The van der Waals surface area contributed by atoms with Crippen LogP contribution in [0.5, 0.6) is 0 Å². The van der Waals surface area contributed by atoms with Gasteiger partial charge in [-0.2, -0.15) is 0 Å². The predicted octanol–water partition coefficient (Wildman–Crippen LogP) is 1.41. The minimum Gasteiger partial charge on any atom is -0.375 e. The summed E-state index contributed by atoms with van der Waals surface area (Å²) in [5.74, 6) is 0.339. The van der Waals surface area contributed by atoms with E-state index in [1.165, 1.54) is 24.6 Å². The molecule has 1 aliphatic rings. The number of ether oxygens (including phenoxy) is 1. The first-order chi connectivity index (χ1) is 9.66. The van der Waals surface area contributed by atoms with Gasteiger partial charge < -0.3 is 14.6 Å². The summed E-state index contributed by atoms with van der Waals surface area (Å²) in [5.41, 5.74) is 0.978. The number of carbonyl (C=O) groups is 1. The summed E-state index contributed by atoms with van der Waals surface area (Å²) < 4.78 is 7.36. The molecule has 1 aromatic rings. The predicted molar refractivity (Wildman–Crippen MR) is 77.7 cm³/mol. The number of thioether (sulfide) groups is 1. The molecule has 1 heterocycles. The Kier molecular flexibility index (Phi) is 5.60. The molecule has 1 saturated carbocycles. The summed E-state index contributed by atoms with van der Waals surface area (Å²) >= 11 is 1.42. The third-order valence-electron chi connectivity index (χ3n) is 2.73. The van der Waals surface area contributed by atoms with Crippen LogP contribution in [0.4, 0.5) is 0 Å². The fourth-order valence-corrected chi connectivity index (χ4v) is 2.44. The van der Waals surface area contributed by atoms with Crippen molar-refractivity contribution in [2.75, 3.05) is 25.5 Å². The van der Waals surface area contributed by atoms with Crippen LogP contribution in [0.25, 0.3) is 0 Å². The lowest BCUT2D eigenvalue weighted by atomic mass is 10.4. The Labute approximate surface area is 123 Å². The fourth-order valence-electron chi connectivity index (χ4n) is 1.63. The summed E-state index contributed by atoms with van der Waals surface area (Å²) in [4.78, 5) is 11.7. The molecule has 1 aliphatic carbocycles. The van der Waals surface area contributed by atoms with E-state index in [2.05, 4.69) is 22.1 Å². The Hall–Kier alpha value is -1.34. The van der Waals surface area contributed by atoms with Gasteiger partial charge in [-0.3, -0.25) is 4.79 Å². The SMILES string of the molecule is C=C(C)COCCNC(=O)CSc1nncn1C1CC1. The van der Waals surface area contributed by atoms with E-state index >= 15 is 0 Å². The quantitative estimate of drug-likeness (QED) is 0.424. The highest BCUT2D eigenvalue weighted by Crippen LogP contribution is 2.37.